The van der Waals surface area contributed by atoms with Gasteiger partial charge in [-0.15, -0.1) is 0 Å². The van der Waals surface area contributed by atoms with Gasteiger partial charge in [-0.3, -0.25) is 25.2 Å². The van der Waals surface area contributed by atoms with Crippen LogP contribution in [0.5, 0.6) is 0 Å². The van der Waals surface area contributed by atoms with Crippen LogP contribution in [0.25, 0.3) is 10.8 Å². The molecular weight excluding hydrogens is 550 g/mol. The highest BCUT2D eigenvalue weighted by Gasteiger charge is 2.20. The number of aryl methyl sites for hydroxylation is 1. The van der Waals surface area contributed by atoms with Crippen molar-refractivity contribution >= 4 is 40.2 Å². The average Bonchev–Trinajstić information content (AvgIpc) is 3.25. The molecule has 11 heteroatoms. The summed E-state index contributed by atoms with van der Waals surface area (Å²) in [4.78, 5) is 51.4. The maximum absolute atomic E-state index is 13.8. The molecule has 0 bridgehead atoms. The molecular formula is C32H37N5O6. The fraction of sp³-hybridized carbons (Fsp3) is 0.312. The van der Waals surface area contributed by atoms with Gasteiger partial charge >= 0.3 is 5.97 Å². The molecule has 4 N–H and O–H groups in total. The number of hydrogen-bond donors (Lipinski definition) is 4. The Hall–Kier alpha value is -4.74. The van der Waals surface area contributed by atoms with Gasteiger partial charge in [0, 0.05) is 56.0 Å². The van der Waals surface area contributed by atoms with Gasteiger partial charge in [-0.25, -0.2) is 4.79 Å². The second-order valence-corrected chi connectivity index (χ2v) is 10.3. The molecule has 4 rings (SSSR count). The predicted molar refractivity (Wildman–Crippen MR) is 162 cm³/mol. The number of ether oxygens (including phenoxy) is 1. The minimum absolute atomic E-state index is 0.00266. The molecule has 1 aliphatic rings. The SMILES string of the molecule is COC(=O)/C=C/C(=O)NNC(=O)CCc1ccc(N2CCCN(O)CC2)cc1C(=O)N[C@H](C)c1cccc2ccccc12. The van der Waals surface area contributed by atoms with Crippen molar-refractivity contribution in [2.75, 3.05) is 38.2 Å². The van der Waals surface area contributed by atoms with Gasteiger partial charge in [0.05, 0.1) is 13.2 Å². The van der Waals surface area contributed by atoms with Crippen molar-refractivity contribution in [1.29, 1.82) is 0 Å². The number of esters is 1. The topological polar surface area (TPSA) is 140 Å². The van der Waals surface area contributed by atoms with Crippen LogP contribution >= 0.6 is 0 Å². The highest BCUT2D eigenvalue weighted by molar-refractivity contribution is 5.98. The van der Waals surface area contributed by atoms with Crippen LogP contribution in [0.3, 0.4) is 0 Å². The Morgan fingerprint density at radius 3 is 2.56 bits per heavy atom. The smallest absolute Gasteiger partial charge is 0.330 e. The lowest BCUT2D eigenvalue weighted by atomic mass is 9.98. The minimum atomic E-state index is -0.695. The zero-order valence-electron chi connectivity index (χ0n) is 24.3. The molecule has 1 fully saturated rings. The van der Waals surface area contributed by atoms with E-state index in [9.17, 15) is 24.4 Å². The van der Waals surface area contributed by atoms with Crippen LogP contribution in [-0.2, 0) is 25.5 Å². The van der Waals surface area contributed by atoms with E-state index < -0.39 is 17.8 Å². The Morgan fingerprint density at radius 1 is 0.953 bits per heavy atom. The molecule has 0 spiro atoms. The molecule has 3 amide bonds. The number of carbonyl (C=O) groups is 4. The number of hydroxylamine groups is 2. The molecule has 1 saturated heterocycles. The first-order chi connectivity index (χ1) is 20.7. The summed E-state index contributed by atoms with van der Waals surface area (Å²) in [6.45, 7) is 4.35. The number of hydrazine groups is 1. The number of nitrogens with zero attached hydrogens (tertiary/aromatic N) is 2. The Bertz CT molecular complexity index is 1500. The number of fused-ring (bicyclic) bond motifs is 1. The fourth-order valence-electron chi connectivity index (χ4n) is 5.03. The Labute approximate surface area is 250 Å². The third kappa shape index (κ3) is 8.63. The van der Waals surface area contributed by atoms with Gasteiger partial charge in [-0.2, -0.15) is 5.06 Å². The van der Waals surface area contributed by atoms with Crippen molar-refractivity contribution in [2.45, 2.75) is 32.2 Å². The Morgan fingerprint density at radius 2 is 1.74 bits per heavy atom. The summed E-state index contributed by atoms with van der Waals surface area (Å²) in [5, 5.41) is 16.5. The molecule has 0 aromatic heterocycles. The van der Waals surface area contributed by atoms with Crippen molar-refractivity contribution in [3.63, 3.8) is 0 Å². The highest BCUT2D eigenvalue weighted by Crippen LogP contribution is 2.26. The molecule has 1 aliphatic heterocycles. The molecule has 11 nitrogen and oxygen atoms in total. The lowest BCUT2D eigenvalue weighted by Crippen LogP contribution is -2.41. The van der Waals surface area contributed by atoms with Crippen LogP contribution in [0.15, 0.2) is 72.8 Å². The van der Waals surface area contributed by atoms with E-state index in [1.807, 2.05) is 67.6 Å². The fourth-order valence-corrected chi connectivity index (χ4v) is 5.03. The van der Waals surface area contributed by atoms with Gasteiger partial charge in [0.15, 0.2) is 0 Å². The van der Waals surface area contributed by atoms with Gasteiger partial charge in [-0.05, 0) is 53.8 Å². The van der Waals surface area contributed by atoms with E-state index >= 15 is 0 Å². The number of benzene rings is 3. The van der Waals surface area contributed by atoms with E-state index in [1.165, 1.54) is 12.2 Å². The Kier molecular flexibility index (Phi) is 10.8. The molecule has 0 aliphatic carbocycles. The van der Waals surface area contributed by atoms with Crippen molar-refractivity contribution in [3.05, 3.63) is 89.5 Å². The second kappa shape index (κ2) is 14.9. The Balaban J connectivity index is 1.50. The summed E-state index contributed by atoms with van der Waals surface area (Å²) >= 11 is 0. The van der Waals surface area contributed by atoms with Crippen LogP contribution in [-0.4, -0.2) is 67.3 Å². The lowest BCUT2D eigenvalue weighted by molar-refractivity contribution is -0.135. The first-order valence-electron chi connectivity index (χ1n) is 14.2. The number of amides is 3. The van der Waals surface area contributed by atoms with Gasteiger partial charge in [0.1, 0.15) is 0 Å². The zero-order chi connectivity index (χ0) is 30.8. The maximum Gasteiger partial charge on any atom is 0.330 e. The molecule has 0 radical (unpaired) electrons. The number of hydrogen-bond acceptors (Lipinski definition) is 8. The summed E-state index contributed by atoms with van der Waals surface area (Å²) < 4.78 is 4.43. The summed E-state index contributed by atoms with van der Waals surface area (Å²) in [6.07, 6.45) is 2.91. The third-order valence-electron chi connectivity index (χ3n) is 7.33. The van der Waals surface area contributed by atoms with Crippen molar-refractivity contribution < 1.29 is 29.1 Å². The first-order valence-corrected chi connectivity index (χ1v) is 14.2. The van der Waals surface area contributed by atoms with Gasteiger partial charge in [0.2, 0.25) is 5.91 Å². The molecule has 0 saturated carbocycles. The van der Waals surface area contributed by atoms with Gasteiger partial charge < -0.3 is 20.2 Å². The van der Waals surface area contributed by atoms with Crippen LogP contribution < -0.4 is 21.1 Å². The third-order valence-corrected chi connectivity index (χ3v) is 7.33. The van der Waals surface area contributed by atoms with Gasteiger partial charge in [0.25, 0.3) is 11.8 Å². The van der Waals surface area contributed by atoms with E-state index in [1.54, 1.807) is 0 Å². The second-order valence-electron chi connectivity index (χ2n) is 10.3. The minimum Gasteiger partial charge on any atom is -0.466 e. The monoisotopic (exact) mass is 587 g/mol. The van der Waals surface area contributed by atoms with E-state index in [2.05, 4.69) is 25.8 Å². The summed E-state index contributed by atoms with van der Waals surface area (Å²) in [7, 11) is 1.19. The average molecular weight is 588 g/mol. The molecule has 226 valence electrons. The number of nitrogens with one attached hydrogen (secondary N) is 3. The normalized spacial score (nSPS) is 14.6. The molecule has 3 aromatic carbocycles. The lowest BCUT2D eigenvalue weighted by Gasteiger charge is -2.24. The van der Waals surface area contributed by atoms with Crippen LogP contribution in [0.2, 0.25) is 0 Å². The molecule has 3 aromatic rings. The van der Waals surface area contributed by atoms with Gasteiger partial charge in [-0.1, -0.05) is 48.5 Å². The number of rotatable bonds is 9. The standard InChI is InChI=1S/C32H37N5O6/c1-22(26-10-5-8-23-7-3-4-9-27(23)26)33-32(41)28-21-25(36-17-6-18-37(42)20-19-36)13-11-24(28)12-14-29(38)34-35-30(39)15-16-31(40)43-2/h3-5,7-11,13,15-16,21-22,42H,6,12,14,17-20H2,1-2H3,(H,33,41)(H,34,38)(H,35,39)/b16-15+/t22-/m1/s1. The van der Waals surface area contributed by atoms with Crippen molar-refractivity contribution in [2.24, 2.45) is 0 Å². The first kappa shape index (κ1) is 31.2. The van der Waals surface area contributed by atoms with E-state index in [-0.39, 0.29) is 24.8 Å². The number of methoxy groups -OCH3 is 1. The maximum atomic E-state index is 13.8. The van der Waals surface area contributed by atoms with E-state index in [0.29, 0.717) is 30.8 Å². The van der Waals surface area contributed by atoms with Crippen LogP contribution in [0, 0.1) is 0 Å². The summed E-state index contributed by atoms with van der Waals surface area (Å²) in [5.41, 5.74) is 7.50. The zero-order valence-corrected chi connectivity index (χ0v) is 24.3. The summed E-state index contributed by atoms with van der Waals surface area (Å²) in [6, 6.07) is 19.3. The largest absolute Gasteiger partial charge is 0.466 e. The van der Waals surface area contributed by atoms with Crippen LogP contribution in [0.4, 0.5) is 5.69 Å². The quantitative estimate of drug-likeness (QED) is 0.170. The molecule has 1 heterocycles. The van der Waals surface area contributed by atoms with Crippen molar-refractivity contribution in [1.82, 2.24) is 21.2 Å². The van der Waals surface area contributed by atoms with Crippen molar-refractivity contribution in [3.8, 4) is 0 Å². The molecule has 0 unspecified atom stereocenters. The number of carbonyl (C=O) groups excluding carboxylic acids is 4. The van der Waals surface area contributed by atoms with E-state index in [0.717, 1.165) is 47.1 Å². The van der Waals surface area contributed by atoms with E-state index in [4.69, 9.17) is 0 Å². The highest BCUT2D eigenvalue weighted by atomic mass is 16.5. The summed E-state index contributed by atoms with van der Waals surface area (Å²) in [5.74, 6) is -2.11. The number of anilines is 1. The molecule has 1 atom stereocenters. The predicted octanol–water partition coefficient (Wildman–Crippen LogP) is 3.04. The molecule has 43 heavy (non-hydrogen) atoms. The van der Waals surface area contributed by atoms with Crippen LogP contribution in [0.1, 0.15) is 47.3 Å².